The highest BCUT2D eigenvalue weighted by Gasteiger charge is 2.27. The van der Waals surface area contributed by atoms with Crippen LogP contribution < -0.4 is 9.64 Å². The van der Waals surface area contributed by atoms with Crippen LogP contribution in [0.15, 0.2) is 54.1 Å². The first-order valence-corrected chi connectivity index (χ1v) is 9.30. The zero-order chi connectivity index (χ0) is 18.8. The predicted molar refractivity (Wildman–Crippen MR) is 121 cm³/mol. The summed E-state index contributed by atoms with van der Waals surface area (Å²) in [6.45, 7) is 3.79. The van der Waals surface area contributed by atoms with E-state index in [9.17, 15) is 9.90 Å². The molecule has 2 aromatic carbocycles. The Kier molecular flexibility index (Phi) is 7.96. The van der Waals surface area contributed by atoms with Crippen molar-refractivity contribution in [1.29, 1.82) is 0 Å². The van der Waals surface area contributed by atoms with Crippen molar-refractivity contribution in [2.45, 2.75) is 6.42 Å². The first-order valence-electron chi connectivity index (χ1n) is 9.30. The number of anilines is 1. The van der Waals surface area contributed by atoms with Crippen LogP contribution >= 0.6 is 24.8 Å². The molecule has 156 valence electrons. The number of Topliss-reactive ketones (excluding diaryl/α,β-unsaturated/α-hetero) is 1. The van der Waals surface area contributed by atoms with Gasteiger partial charge in [-0.2, -0.15) is 0 Å². The number of rotatable bonds is 5. The summed E-state index contributed by atoms with van der Waals surface area (Å²) in [6, 6.07) is 15.8. The average molecular weight is 437 g/mol. The van der Waals surface area contributed by atoms with Gasteiger partial charge in [-0.05, 0) is 29.8 Å². The van der Waals surface area contributed by atoms with Crippen LogP contribution in [0.2, 0.25) is 0 Å². The smallest absolute Gasteiger partial charge is 0.176 e. The van der Waals surface area contributed by atoms with Crippen molar-refractivity contribution in [3.05, 3.63) is 65.2 Å². The van der Waals surface area contributed by atoms with Gasteiger partial charge in [0, 0.05) is 49.4 Å². The normalized spacial score (nSPS) is 16.0. The molecule has 0 amide bonds. The van der Waals surface area contributed by atoms with Crippen molar-refractivity contribution < 1.29 is 14.6 Å². The predicted octanol–water partition coefficient (Wildman–Crippen LogP) is 3.76. The molecule has 0 spiro atoms. The second-order valence-corrected chi connectivity index (χ2v) is 7.05. The fourth-order valence-electron chi connectivity index (χ4n) is 3.83. The molecule has 5 nitrogen and oxygen atoms in total. The Morgan fingerprint density at radius 3 is 2.28 bits per heavy atom. The summed E-state index contributed by atoms with van der Waals surface area (Å²) >= 11 is 0. The zero-order valence-corrected chi connectivity index (χ0v) is 18.0. The average Bonchev–Trinajstić information content (AvgIpc) is 3.06. The van der Waals surface area contributed by atoms with Gasteiger partial charge in [-0.1, -0.05) is 24.3 Å². The minimum Gasteiger partial charge on any atom is -0.507 e. The fraction of sp³-hybridized carbons (Fsp3) is 0.318. The van der Waals surface area contributed by atoms with Crippen LogP contribution in [-0.2, 0) is 11.2 Å². The highest BCUT2D eigenvalue weighted by atomic mass is 35.5. The quantitative estimate of drug-likeness (QED) is 0.772. The molecule has 2 aliphatic rings. The second-order valence-electron chi connectivity index (χ2n) is 7.05. The molecule has 7 heteroatoms. The van der Waals surface area contributed by atoms with Gasteiger partial charge in [0.25, 0.3) is 0 Å². The summed E-state index contributed by atoms with van der Waals surface area (Å²) in [5, 5.41) is 10.4. The minimum atomic E-state index is 0. The molecule has 0 atom stereocenters. The molecule has 1 aliphatic carbocycles. The summed E-state index contributed by atoms with van der Waals surface area (Å²) in [6.07, 6.45) is 0.534. The lowest BCUT2D eigenvalue weighted by Gasteiger charge is -2.35. The lowest BCUT2D eigenvalue weighted by Crippen LogP contribution is -2.48. The number of piperazine rings is 1. The van der Waals surface area contributed by atoms with E-state index in [1.165, 1.54) is 5.69 Å². The molecule has 0 unspecified atom stereocenters. The molecule has 1 saturated heterocycles. The highest BCUT2D eigenvalue weighted by molar-refractivity contribution is 6.05. The van der Waals surface area contributed by atoms with Crippen LogP contribution in [0, 0.1) is 0 Å². The molecule has 1 heterocycles. The Hall–Kier alpha value is -2.21. The van der Waals surface area contributed by atoms with Gasteiger partial charge in [0.15, 0.2) is 5.78 Å². The van der Waals surface area contributed by atoms with Crippen LogP contribution in [-0.4, -0.2) is 55.6 Å². The van der Waals surface area contributed by atoms with Crippen molar-refractivity contribution in [1.82, 2.24) is 4.90 Å². The van der Waals surface area contributed by atoms with Crippen molar-refractivity contribution in [3.63, 3.8) is 0 Å². The van der Waals surface area contributed by atoms with E-state index in [1.54, 1.807) is 7.11 Å². The van der Waals surface area contributed by atoms with Gasteiger partial charge in [-0.15, -0.1) is 24.8 Å². The Morgan fingerprint density at radius 1 is 1.00 bits per heavy atom. The number of hydrogen-bond acceptors (Lipinski definition) is 5. The van der Waals surface area contributed by atoms with E-state index >= 15 is 0 Å². The fourth-order valence-corrected chi connectivity index (χ4v) is 3.83. The molecule has 1 N–H and O–H groups in total. The number of aliphatic hydroxyl groups is 1. The third kappa shape index (κ3) is 4.86. The van der Waals surface area contributed by atoms with E-state index in [0.717, 1.165) is 43.1 Å². The van der Waals surface area contributed by atoms with Gasteiger partial charge in [-0.3, -0.25) is 9.69 Å². The van der Waals surface area contributed by atoms with Crippen LogP contribution in [0.3, 0.4) is 0 Å². The third-order valence-corrected chi connectivity index (χ3v) is 5.44. The van der Waals surface area contributed by atoms with E-state index in [1.807, 2.05) is 36.4 Å². The van der Waals surface area contributed by atoms with Crippen LogP contribution in [0.1, 0.15) is 11.1 Å². The van der Waals surface area contributed by atoms with Crippen molar-refractivity contribution in [3.8, 4) is 5.75 Å². The molecule has 1 aliphatic heterocycles. The third-order valence-electron chi connectivity index (χ3n) is 5.44. The SMILES string of the molecule is COc1ccc(N2CCN(CC(=O)C3=C(O)c4ccccc4C3)CC2)cc1.Cl.Cl. The van der Waals surface area contributed by atoms with Crippen LogP contribution in [0.5, 0.6) is 5.75 Å². The summed E-state index contributed by atoms with van der Waals surface area (Å²) in [7, 11) is 1.67. The Morgan fingerprint density at radius 2 is 1.66 bits per heavy atom. The first-order chi connectivity index (χ1) is 13.2. The molecule has 4 rings (SSSR count). The number of halogens is 2. The van der Waals surface area contributed by atoms with Crippen molar-refractivity contribution in [2.24, 2.45) is 0 Å². The molecule has 2 aromatic rings. The maximum absolute atomic E-state index is 12.7. The minimum absolute atomic E-state index is 0. The molecule has 29 heavy (non-hydrogen) atoms. The Balaban J connectivity index is 0.00000150. The van der Waals surface area contributed by atoms with Gasteiger partial charge >= 0.3 is 0 Å². The van der Waals surface area contributed by atoms with Gasteiger partial charge in [0.05, 0.1) is 13.7 Å². The number of nitrogens with zero attached hydrogens (tertiary/aromatic N) is 2. The van der Waals surface area contributed by atoms with Crippen LogP contribution in [0.25, 0.3) is 5.76 Å². The number of carbonyl (C=O) groups is 1. The number of carbonyl (C=O) groups excluding carboxylic acids is 1. The highest BCUT2D eigenvalue weighted by Crippen LogP contribution is 2.31. The summed E-state index contributed by atoms with van der Waals surface area (Å²) in [5.41, 5.74) is 3.55. The number of fused-ring (bicyclic) bond motifs is 1. The van der Waals surface area contributed by atoms with E-state index < -0.39 is 0 Å². The largest absolute Gasteiger partial charge is 0.507 e. The maximum atomic E-state index is 12.7. The maximum Gasteiger partial charge on any atom is 0.176 e. The van der Waals surface area contributed by atoms with Gasteiger partial charge in [-0.25, -0.2) is 0 Å². The van der Waals surface area contributed by atoms with E-state index in [2.05, 4.69) is 21.9 Å². The van der Waals surface area contributed by atoms with Gasteiger partial charge in [0.1, 0.15) is 11.5 Å². The topological polar surface area (TPSA) is 53.0 Å². The van der Waals surface area contributed by atoms with Crippen molar-refractivity contribution in [2.75, 3.05) is 44.7 Å². The monoisotopic (exact) mass is 436 g/mol. The van der Waals surface area contributed by atoms with E-state index in [4.69, 9.17) is 4.74 Å². The molecule has 1 fully saturated rings. The van der Waals surface area contributed by atoms with Gasteiger partial charge < -0.3 is 14.7 Å². The molecule has 0 bridgehead atoms. The number of ether oxygens (including phenoxy) is 1. The lowest BCUT2D eigenvalue weighted by molar-refractivity contribution is -0.116. The number of ketones is 1. The van der Waals surface area contributed by atoms with Crippen LogP contribution in [0.4, 0.5) is 5.69 Å². The summed E-state index contributed by atoms with van der Waals surface area (Å²) in [5.74, 6) is 1.04. The number of aliphatic hydroxyl groups excluding tert-OH is 1. The Bertz CT molecular complexity index is 876. The Labute approximate surface area is 183 Å². The molecule has 0 aromatic heterocycles. The number of benzene rings is 2. The van der Waals surface area contributed by atoms with Crippen molar-refractivity contribution >= 4 is 42.0 Å². The second kappa shape index (κ2) is 10.0. The molecular formula is C22H26Cl2N2O3. The first kappa shape index (κ1) is 23.1. The lowest BCUT2D eigenvalue weighted by atomic mass is 10.1. The van der Waals surface area contributed by atoms with Gasteiger partial charge in [0.2, 0.25) is 0 Å². The summed E-state index contributed by atoms with van der Waals surface area (Å²) < 4.78 is 5.21. The standard InChI is InChI=1S/C22H24N2O3.2ClH/c1-27-18-8-6-17(7-9-18)24-12-10-23(11-13-24)15-21(25)20-14-16-4-2-3-5-19(16)22(20)26;;/h2-9,26H,10-15H2,1H3;2*1H. The van der Waals surface area contributed by atoms with E-state index in [0.29, 0.717) is 18.5 Å². The molecule has 0 radical (unpaired) electrons. The number of methoxy groups -OCH3 is 1. The molecular weight excluding hydrogens is 411 g/mol. The summed E-state index contributed by atoms with van der Waals surface area (Å²) in [4.78, 5) is 17.2. The molecule has 0 saturated carbocycles. The number of hydrogen-bond donors (Lipinski definition) is 1. The van der Waals surface area contributed by atoms with E-state index in [-0.39, 0.29) is 36.4 Å². The zero-order valence-electron chi connectivity index (χ0n) is 16.3.